The predicted molar refractivity (Wildman–Crippen MR) is 86.0 cm³/mol. The Hall–Kier alpha value is -1.87. The van der Waals surface area contributed by atoms with Crippen molar-refractivity contribution in [3.63, 3.8) is 0 Å². The summed E-state index contributed by atoms with van der Waals surface area (Å²) in [6, 6.07) is 2.17. The summed E-state index contributed by atoms with van der Waals surface area (Å²) in [7, 11) is 0. The first-order chi connectivity index (χ1) is 11.5. The molecule has 5 atom stereocenters. The van der Waals surface area contributed by atoms with E-state index in [0.717, 1.165) is 5.57 Å². The molecule has 3 aliphatic heterocycles. The van der Waals surface area contributed by atoms with Crippen molar-refractivity contribution in [1.82, 2.24) is 0 Å². The fourth-order valence-corrected chi connectivity index (χ4v) is 5.09. The summed E-state index contributed by atoms with van der Waals surface area (Å²) < 4.78 is 17.3. The molecule has 1 aliphatic carbocycles. The van der Waals surface area contributed by atoms with Gasteiger partial charge in [-0.1, -0.05) is 13.8 Å². The molecule has 0 aromatic carbocycles. The van der Waals surface area contributed by atoms with Crippen molar-refractivity contribution in [3.8, 4) is 6.07 Å². The summed E-state index contributed by atoms with van der Waals surface area (Å²) in [5.41, 5.74) is -4.07. The van der Waals surface area contributed by atoms with Crippen molar-refractivity contribution in [2.24, 2.45) is 10.8 Å². The molecule has 0 N–H and O–H groups in total. The Morgan fingerprint density at radius 1 is 1.32 bits per heavy atom. The van der Waals surface area contributed by atoms with Gasteiger partial charge in [-0.3, -0.25) is 4.79 Å². The van der Waals surface area contributed by atoms with Crippen LogP contribution >= 0.6 is 0 Å². The Kier molecular flexibility index (Phi) is 2.83. The lowest BCUT2D eigenvalue weighted by molar-refractivity contribution is -0.197. The molecule has 0 aromatic heterocycles. The van der Waals surface area contributed by atoms with E-state index < -0.39 is 33.6 Å². The maximum atomic E-state index is 13.2. The third-order valence-corrected chi connectivity index (χ3v) is 7.53. The Labute approximate surface area is 147 Å². The summed E-state index contributed by atoms with van der Waals surface area (Å²) >= 11 is 0. The lowest BCUT2D eigenvalue weighted by Crippen LogP contribution is -2.56. The second-order valence-corrected chi connectivity index (χ2v) is 8.81. The minimum atomic E-state index is -1.40. The standard InChI is InChI=1S/C19H23NO5/c1-11-8-17(5)18(10-20,9-12(11)23-17)24-14(22)19-7-6-16(4,13(21)25-19)15(19,2)3/h8,12H,6-7,9H2,1-5H3/t12-,16-,17-,18+,19+/m0/s1. The molecule has 6 nitrogen and oxygen atoms in total. The van der Waals surface area contributed by atoms with Crippen molar-refractivity contribution in [1.29, 1.82) is 5.26 Å². The Morgan fingerprint density at radius 3 is 2.40 bits per heavy atom. The van der Waals surface area contributed by atoms with Crippen LogP contribution in [0.25, 0.3) is 0 Å². The molecule has 4 aliphatic rings. The molecule has 2 saturated heterocycles. The van der Waals surface area contributed by atoms with Crippen LogP contribution in [0.4, 0.5) is 0 Å². The highest BCUT2D eigenvalue weighted by atomic mass is 16.6. The number of hydrogen-bond donors (Lipinski definition) is 0. The number of rotatable bonds is 2. The number of esters is 2. The number of fused-ring (bicyclic) bond motifs is 4. The number of ether oxygens (including phenoxy) is 3. The van der Waals surface area contributed by atoms with Crippen LogP contribution in [0.15, 0.2) is 11.6 Å². The molecule has 3 fully saturated rings. The van der Waals surface area contributed by atoms with Gasteiger partial charge in [-0.25, -0.2) is 4.79 Å². The number of hydrogen-bond acceptors (Lipinski definition) is 6. The quantitative estimate of drug-likeness (QED) is 0.564. The van der Waals surface area contributed by atoms with Crippen molar-refractivity contribution in [2.75, 3.05) is 0 Å². The lowest BCUT2D eigenvalue weighted by atomic mass is 9.66. The maximum Gasteiger partial charge on any atom is 0.352 e. The van der Waals surface area contributed by atoms with Gasteiger partial charge in [0.25, 0.3) is 0 Å². The van der Waals surface area contributed by atoms with E-state index in [1.165, 1.54) is 0 Å². The van der Waals surface area contributed by atoms with Gasteiger partial charge in [0, 0.05) is 11.8 Å². The van der Waals surface area contributed by atoms with Crippen LogP contribution in [-0.4, -0.2) is 34.8 Å². The average molecular weight is 345 g/mol. The van der Waals surface area contributed by atoms with Gasteiger partial charge in [0.1, 0.15) is 11.7 Å². The Balaban J connectivity index is 1.70. The molecule has 1 saturated carbocycles. The van der Waals surface area contributed by atoms with E-state index in [-0.39, 0.29) is 12.1 Å². The molecule has 0 aromatic rings. The monoisotopic (exact) mass is 345 g/mol. The molecule has 0 unspecified atom stereocenters. The molecular formula is C19H23NO5. The fraction of sp³-hybridized carbons (Fsp3) is 0.737. The van der Waals surface area contributed by atoms with Crippen LogP contribution < -0.4 is 0 Å². The third-order valence-electron chi connectivity index (χ3n) is 7.53. The summed E-state index contributed by atoms with van der Waals surface area (Å²) in [5.74, 6) is -0.991. The Morgan fingerprint density at radius 2 is 2.00 bits per heavy atom. The molecule has 4 bridgehead atoms. The van der Waals surface area contributed by atoms with Gasteiger partial charge in [-0.05, 0) is 45.3 Å². The molecule has 4 rings (SSSR count). The summed E-state index contributed by atoms with van der Waals surface area (Å²) in [6.45, 7) is 9.29. The number of carbonyl (C=O) groups excluding carboxylic acids is 2. The summed E-state index contributed by atoms with van der Waals surface area (Å²) in [5, 5.41) is 9.84. The van der Waals surface area contributed by atoms with Gasteiger partial charge in [0.15, 0.2) is 0 Å². The van der Waals surface area contributed by atoms with Gasteiger partial charge in [-0.2, -0.15) is 5.26 Å². The molecule has 6 heteroatoms. The summed E-state index contributed by atoms with van der Waals surface area (Å²) in [4.78, 5) is 25.6. The first kappa shape index (κ1) is 16.6. The zero-order valence-electron chi connectivity index (χ0n) is 15.3. The van der Waals surface area contributed by atoms with Crippen molar-refractivity contribution >= 4 is 11.9 Å². The van der Waals surface area contributed by atoms with Crippen LogP contribution in [0, 0.1) is 22.2 Å². The van der Waals surface area contributed by atoms with Crippen molar-refractivity contribution in [2.45, 2.75) is 76.8 Å². The van der Waals surface area contributed by atoms with E-state index in [0.29, 0.717) is 19.3 Å². The zero-order valence-corrected chi connectivity index (χ0v) is 15.3. The van der Waals surface area contributed by atoms with Crippen molar-refractivity contribution in [3.05, 3.63) is 11.6 Å². The average Bonchev–Trinajstić information content (AvgIpc) is 3.09. The second-order valence-electron chi connectivity index (χ2n) is 8.81. The maximum absolute atomic E-state index is 13.2. The minimum Gasteiger partial charge on any atom is -0.446 e. The first-order valence-electron chi connectivity index (χ1n) is 8.72. The lowest BCUT2D eigenvalue weighted by Gasteiger charge is -2.39. The fourth-order valence-electron chi connectivity index (χ4n) is 5.09. The highest BCUT2D eigenvalue weighted by Crippen LogP contribution is 2.66. The van der Waals surface area contributed by atoms with Crippen molar-refractivity contribution < 1.29 is 23.8 Å². The normalized spacial score (nSPS) is 48.9. The molecule has 0 amide bonds. The first-order valence-corrected chi connectivity index (χ1v) is 8.72. The van der Waals surface area contributed by atoms with Crippen LogP contribution in [0.2, 0.25) is 0 Å². The zero-order chi connectivity index (χ0) is 18.5. The Bertz CT molecular complexity index is 779. The van der Waals surface area contributed by atoms with Gasteiger partial charge in [0.2, 0.25) is 11.2 Å². The second kappa shape index (κ2) is 4.27. The molecule has 134 valence electrons. The van der Waals surface area contributed by atoms with E-state index in [1.54, 1.807) is 6.92 Å². The molecule has 25 heavy (non-hydrogen) atoms. The topological polar surface area (TPSA) is 85.6 Å². The van der Waals surface area contributed by atoms with Gasteiger partial charge in [-0.15, -0.1) is 0 Å². The van der Waals surface area contributed by atoms with E-state index in [2.05, 4.69) is 6.07 Å². The van der Waals surface area contributed by atoms with E-state index in [4.69, 9.17) is 14.2 Å². The van der Waals surface area contributed by atoms with Gasteiger partial charge >= 0.3 is 11.9 Å². The minimum absolute atomic E-state index is 0.220. The van der Waals surface area contributed by atoms with Crippen LogP contribution in [0.3, 0.4) is 0 Å². The molecule has 0 spiro atoms. The number of nitrogens with zero attached hydrogens (tertiary/aromatic N) is 1. The van der Waals surface area contributed by atoms with Gasteiger partial charge < -0.3 is 14.2 Å². The smallest absolute Gasteiger partial charge is 0.352 e. The molecule has 0 radical (unpaired) electrons. The van der Waals surface area contributed by atoms with Crippen LogP contribution in [0.1, 0.15) is 53.9 Å². The highest BCUT2D eigenvalue weighted by molar-refractivity contribution is 5.94. The van der Waals surface area contributed by atoms with Crippen LogP contribution in [-0.2, 0) is 23.8 Å². The predicted octanol–water partition coefficient (Wildman–Crippen LogP) is 2.42. The molecular weight excluding hydrogens is 322 g/mol. The van der Waals surface area contributed by atoms with E-state index >= 15 is 0 Å². The van der Waals surface area contributed by atoms with E-state index in [9.17, 15) is 14.9 Å². The van der Waals surface area contributed by atoms with E-state index in [1.807, 2.05) is 33.8 Å². The summed E-state index contributed by atoms with van der Waals surface area (Å²) in [6.07, 6.45) is 2.93. The molecule has 3 heterocycles. The SMILES string of the molecule is CC1=C[C@]2(C)O[C@H]1C[C@]2(C#N)OC(=O)[C@@]12CC[C@@](C)(C(=O)O1)C2(C)C. The third kappa shape index (κ3) is 1.55. The number of carbonyl (C=O) groups is 2. The highest BCUT2D eigenvalue weighted by Gasteiger charge is 2.77. The van der Waals surface area contributed by atoms with Gasteiger partial charge in [0.05, 0.1) is 11.5 Å². The largest absolute Gasteiger partial charge is 0.446 e. The van der Waals surface area contributed by atoms with Crippen LogP contribution in [0.5, 0.6) is 0 Å². The number of nitriles is 1.